The molecule has 0 saturated heterocycles. The van der Waals surface area contributed by atoms with Crippen LogP contribution >= 0.6 is 0 Å². The third-order valence-electron chi connectivity index (χ3n) is 6.02. The maximum Gasteiger partial charge on any atom is 0.514 e. The largest absolute Gasteiger partial charge is 0.514 e. The predicted molar refractivity (Wildman–Crippen MR) is 157 cm³/mol. The average molecular weight is 595 g/mol. The number of carbonyl (C=O) groups is 5. The van der Waals surface area contributed by atoms with Gasteiger partial charge in [-0.1, -0.05) is 30.8 Å². The van der Waals surface area contributed by atoms with Gasteiger partial charge in [-0.2, -0.15) is 0 Å². The standard InChI is InChI=1S/C33H38O10/c1-19(2)29(36)39-17-13-9-10-14-20-18-23(40-30(37)42-32(3,4)5)24-25(28(20)41-31(38)43-33(6,7)8)27(35)22-16-12-11-15-21(22)26(24)34/h11-12,15-16,18H,1,9-10,13-14,17H2,2-8H3. The molecule has 0 bridgehead atoms. The summed E-state index contributed by atoms with van der Waals surface area (Å²) in [7, 11) is 0. The number of rotatable bonds is 9. The van der Waals surface area contributed by atoms with Gasteiger partial charge in [0.2, 0.25) is 0 Å². The van der Waals surface area contributed by atoms with Crippen molar-refractivity contribution in [3.05, 3.63) is 70.3 Å². The SMILES string of the molecule is C=C(C)C(=O)OCCCCCc1cc(OC(=O)OC(C)(C)C)c2c(c1OC(=O)OC(C)(C)C)C(=O)c1ccccc1C2=O. The summed E-state index contributed by atoms with van der Waals surface area (Å²) in [5, 5.41) is 0. The van der Waals surface area contributed by atoms with Crippen molar-refractivity contribution >= 4 is 29.8 Å². The summed E-state index contributed by atoms with van der Waals surface area (Å²) in [6.45, 7) is 15.3. The van der Waals surface area contributed by atoms with Gasteiger partial charge in [-0.25, -0.2) is 14.4 Å². The summed E-state index contributed by atoms with van der Waals surface area (Å²) in [4.78, 5) is 64.8. The molecule has 0 saturated carbocycles. The van der Waals surface area contributed by atoms with Crippen LogP contribution in [0.5, 0.6) is 11.5 Å². The molecule has 10 heteroatoms. The molecule has 2 aromatic rings. The molecule has 10 nitrogen and oxygen atoms in total. The molecule has 230 valence electrons. The Hall–Kier alpha value is -4.47. The molecule has 0 fully saturated rings. The molecule has 0 aliphatic heterocycles. The van der Waals surface area contributed by atoms with Gasteiger partial charge >= 0.3 is 18.3 Å². The fraction of sp³-hybridized carbons (Fsp3) is 0.424. The summed E-state index contributed by atoms with van der Waals surface area (Å²) in [6.07, 6.45) is -0.225. The highest BCUT2D eigenvalue weighted by atomic mass is 16.7. The highest BCUT2D eigenvalue weighted by Gasteiger charge is 2.38. The van der Waals surface area contributed by atoms with Crippen LogP contribution in [0.1, 0.15) is 105 Å². The maximum atomic E-state index is 13.9. The second-order valence-corrected chi connectivity index (χ2v) is 12.2. The van der Waals surface area contributed by atoms with E-state index in [0.717, 1.165) is 0 Å². The first-order chi connectivity index (χ1) is 20.0. The van der Waals surface area contributed by atoms with Crippen LogP contribution in [0.2, 0.25) is 0 Å². The van der Waals surface area contributed by atoms with Crippen LogP contribution in [-0.4, -0.2) is 47.7 Å². The van der Waals surface area contributed by atoms with E-state index in [1.165, 1.54) is 18.2 Å². The number of ketones is 2. The van der Waals surface area contributed by atoms with Gasteiger partial charge in [0, 0.05) is 16.7 Å². The van der Waals surface area contributed by atoms with Gasteiger partial charge < -0.3 is 23.7 Å². The first-order valence-corrected chi connectivity index (χ1v) is 14.0. The lowest BCUT2D eigenvalue weighted by molar-refractivity contribution is -0.139. The highest BCUT2D eigenvalue weighted by molar-refractivity contribution is 6.30. The molecule has 0 atom stereocenters. The van der Waals surface area contributed by atoms with E-state index in [9.17, 15) is 24.0 Å². The van der Waals surface area contributed by atoms with Crippen LogP contribution in [0.4, 0.5) is 9.59 Å². The maximum absolute atomic E-state index is 13.9. The number of ether oxygens (including phenoxy) is 5. The molecule has 1 aliphatic rings. The number of fused-ring (bicyclic) bond motifs is 2. The van der Waals surface area contributed by atoms with E-state index in [4.69, 9.17) is 23.7 Å². The van der Waals surface area contributed by atoms with E-state index in [-0.39, 0.29) is 46.8 Å². The molecule has 0 radical (unpaired) electrons. The van der Waals surface area contributed by atoms with Crippen LogP contribution < -0.4 is 9.47 Å². The summed E-state index contributed by atoms with van der Waals surface area (Å²) in [5.74, 6) is -1.98. The molecule has 0 unspecified atom stereocenters. The van der Waals surface area contributed by atoms with E-state index in [1.807, 2.05) is 0 Å². The lowest BCUT2D eigenvalue weighted by Gasteiger charge is -2.26. The number of esters is 1. The van der Waals surface area contributed by atoms with Gasteiger partial charge in [-0.3, -0.25) is 9.59 Å². The molecule has 0 N–H and O–H groups in total. The van der Waals surface area contributed by atoms with E-state index in [0.29, 0.717) is 30.4 Å². The smallest absolute Gasteiger partial charge is 0.462 e. The molecular weight excluding hydrogens is 556 g/mol. The Kier molecular flexibility index (Phi) is 10.2. The van der Waals surface area contributed by atoms with Crippen LogP contribution in [-0.2, 0) is 25.4 Å². The average Bonchev–Trinajstić information content (AvgIpc) is 2.87. The van der Waals surface area contributed by atoms with Gasteiger partial charge in [0.25, 0.3) is 0 Å². The van der Waals surface area contributed by atoms with Crippen LogP contribution in [0.3, 0.4) is 0 Å². The monoisotopic (exact) mass is 594 g/mol. The molecular formula is C33H38O10. The predicted octanol–water partition coefficient (Wildman–Crippen LogP) is 6.92. The highest BCUT2D eigenvalue weighted by Crippen LogP contribution is 2.42. The van der Waals surface area contributed by atoms with Crippen molar-refractivity contribution in [2.24, 2.45) is 0 Å². The van der Waals surface area contributed by atoms with E-state index >= 15 is 0 Å². The van der Waals surface area contributed by atoms with Crippen molar-refractivity contribution in [2.45, 2.75) is 85.4 Å². The first kappa shape index (κ1) is 33.0. The fourth-order valence-electron chi connectivity index (χ4n) is 4.26. The van der Waals surface area contributed by atoms with Gasteiger partial charge in [0.15, 0.2) is 11.6 Å². The van der Waals surface area contributed by atoms with Gasteiger partial charge in [0.05, 0.1) is 17.7 Å². The van der Waals surface area contributed by atoms with Crippen molar-refractivity contribution in [3.63, 3.8) is 0 Å². The zero-order valence-corrected chi connectivity index (χ0v) is 25.7. The van der Waals surface area contributed by atoms with E-state index < -0.39 is 41.0 Å². The Labute approximate surface area is 251 Å². The topological polar surface area (TPSA) is 132 Å². The number of unbranched alkanes of at least 4 members (excludes halogenated alkanes) is 2. The van der Waals surface area contributed by atoms with E-state index in [2.05, 4.69) is 6.58 Å². The molecule has 0 aromatic heterocycles. The summed E-state index contributed by atoms with van der Waals surface area (Å²) >= 11 is 0. The number of benzene rings is 2. The number of hydrogen-bond donors (Lipinski definition) is 0. The fourth-order valence-corrected chi connectivity index (χ4v) is 4.26. The van der Waals surface area contributed by atoms with Gasteiger partial charge in [-0.15, -0.1) is 0 Å². The van der Waals surface area contributed by atoms with Gasteiger partial charge in [0.1, 0.15) is 22.7 Å². The molecule has 3 rings (SSSR count). The lowest BCUT2D eigenvalue weighted by Crippen LogP contribution is -2.30. The first-order valence-electron chi connectivity index (χ1n) is 14.0. The van der Waals surface area contributed by atoms with Crippen molar-refractivity contribution in [3.8, 4) is 11.5 Å². The summed E-state index contributed by atoms with van der Waals surface area (Å²) < 4.78 is 27.0. The minimum atomic E-state index is -1.07. The number of hydrogen-bond acceptors (Lipinski definition) is 10. The normalized spacial score (nSPS) is 12.5. The van der Waals surface area contributed by atoms with Crippen molar-refractivity contribution < 1.29 is 47.7 Å². The molecule has 2 aromatic carbocycles. The number of aryl methyl sites for hydroxylation is 1. The van der Waals surface area contributed by atoms with Crippen LogP contribution in [0, 0.1) is 0 Å². The van der Waals surface area contributed by atoms with Gasteiger partial charge in [-0.05, 0) is 85.8 Å². The number of carbonyl (C=O) groups excluding carboxylic acids is 5. The second kappa shape index (κ2) is 13.2. The van der Waals surface area contributed by atoms with Crippen LogP contribution in [0.25, 0.3) is 0 Å². The molecule has 43 heavy (non-hydrogen) atoms. The molecule has 1 aliphatic carbocycles. The second-order valence-electron chi connectivity index (χ2n) is 12.2. The zero-order chi connectivity index (χ0) is 32.1. The van der Waals surface area contributed by atoms with Crippen molar-refractivity contribution in [1.82, 2.24) is 0 Å². The van der Waals surface area contributed by atoms with Crippen molar-refractivity contribution in [2.75, 3.05) is 6.61 Å². The Balaban J connectivity index is 2.07. The Morgan fingerprint density at radius 3 is 1.84 bits per heavy atom. The third-order valence-corrected chi connectivity index (χ3v) is 6.02. The lowest BCUT2D eigenvalue weighted by atomic mass is 9.81. The quantitative estimate of drug-likeness (QED) is 0.0845. The van der Waals surface area contributed by atoms with E-state index in [1.54, 1.807) is 60.6 Å². The molecule has 0 amide bonds. The van der Waals surface area contributed by atoms with Crippen molar-refractivity contribution in [1.29, 1.82) is 0 Å². The molecule has 0 heterocycles. The Morgan fingerprint density at radius 2 is 1.30 bits per heavy atom. The third kappa shape index (κ3) is 8.76. The summed E-state index contributed by atoms with van der Waals surface area (Å²) in [6, 6.07) is 7.64. The zero-order valence-electron chi connectivity index (χ0n) is 25.7. The Bertz CT molecular complexity index is 1450. The summed E-state index contributed by atoms with van der Waals surface area (Å²) in [5.41, 5.74) is -1.34. The minimum absolute atomic E-state index is 0.119. The van der Waals surface area contributed by atoms with Crippen LogP contribution in [0.15, 0.2) is 42.5 Å². The molecule has 0 spiro atoms. The minimum Gasteiger partial charge on any atom is -0.462 e. The Morgan fingerprint density at radius 1 is 0.767 bits per heavy atom.